The summed E-state index contributed by atoms with van der Waals surface area (Å²) in [5.74, 6) is -0.424. The summed E-state index contributed by atoms with van der Waals surface area (Å²) < 4.78 is 5.08. The highest BCUT2D eigenvalue weighted by atomic mass is 16.5. The number of alkyl carbamates (subject to hydrolysis) is 1. The van der Waals surface area contributed by atoms with Crippen LogP contribution in [0.15, 0.2) is 30.3 Å². The number of carbonyl (C=O) groups is 2. The molecule has 0 saturated carbocycles. The Bertz CT molecular complexity index is 525. The van der Waals surface area contributed by atoms with E-state index in [9.17, 15) is 9.59 Å². The Morgan fingerprint density at radius 3 is 2.59 bits per heavy atom. The maximum Gasteiger partial charge on any atom is 0.408 e. The Morgan fingerprint density at radius 1 is 1.32 bits per heavy atom. The Hall–Kier alpha value is -2.59. The van der Waals surface area contributed by atoms with Crippen molar-refractivity contribution < 1.29 is 14.3 Å². The van der Waals surface area contributed by atoms with Crippen molar-refractivity contribution in [2.75, 3.05) is 27.2 Å². The van der Waals surface area contributed by atoms with E-state index in [0.717, 1.165) is 5.56 Å². The van der Waals surface area contributed by atoms with Crippen molar-refractivity contribution in [1.82, 2.24) is 15.5 Å². The first-order valence-electron chi connectivity index (χ1n) is 6.79. The zero-order valence-corrected chi connectivity index (χ0v) is 12.7. The van der Waals surface area contributed by atoms with E-state index in [-0.39, 0.29) is 13.2 Å². The normalized spacial score (nSPS) is 11.4. The third-order valence-corrected chi connectivity index (χ3v) is 2.71. The van der Waals surface area contributed by atoms with E-state index in [0.29, 0.717) is 6.54 Å². The predicted octanol–water partition coefficient (Wildman–Crippen LogP) is 0.483. The highest BCUT2D eigenvalue weighted by Gasteiger charge is 2.21. The lowest BCUT2D eigenvalue weighted by molar-refractivity contribution is -0.123. The first kappa shape index (κ1) is 17.5. The molecule has 1 atom stereocenters. The first-order valence-corrected chi connectivity index (χ1v) is 6.79. The van der Waals surface area contributed by atoms with E-state index in [2.05, 4.69) is 10.6 Å². The number of rotatable bonds is 7. The zero-order valence-electron chi connectivity index (χ0n) is 12.7. The van der Waals surface area contributed by atoms with Crippen LogP contribution in [0.4, 0.5) is 4.79 Å². The molecule has 22 heavy (non-hydrogen) atoms. The summed E-state index contributed by atoms with van der Waals surface area (Å²) in [7, 11) is 3.56. The second kappa shape index (κ2) is 9.37. The van der Waals surface area contributed by atoms with Gasteiger partial charge >= 0.3 is 6.09 Å². The molecule has 0 aromatic heterocycles. The first-order chi connectivity index (χ1) is 10.5. The van der Waals surface area contributed by atoms with E-state index in [1.165, 1.54) is 0 Å². The standard InChI is InChI=1S/C15H20N4O3/c1-19(2)10-13(14(20)17-9-8-16)18-15(21)22-11-12-6-4-3-5-7-12/h3-7,13H,9-11H2,1-2H3,(H,17,20)(H,18,21)/t13-/m0/s1. The van der Waals surface area contributed by atoms with E-state index < -0.39 is 18.0 Å². The van der Waals surface area contributed by atoms with Crippen molar-refractivity contribution in [3.8, 4) is 6.07 Å². The maximum atomic E-state index is 11.9. The zero-order chi connectivity index (χ0) is 16.4. The summed E-state index contributed by atoms with van der Waals surface area (Å²) in [4.78, 5) is 25.4. The van der Waals surface area contributed by atoms with Gasteiger partial charge in [0, 0.05) is 6.54 Å². The number of hydrogen-bond acceptors (Lipinski definition) is 5. The van der Waals surface area contributed by atoms with Gasteiger partial charge in [0.25, 0.3) is 0 Å². The molecule has 118 valence electrons. The summed E-state index contributed by atoms with van der Waals surface area (Å²) >= 11 is 0. The van der Waals surface area contributed by atoms with Crippen LogP contribution in [0, 0.1) is 11.3 Å². The smallest absolute Gasteiger partial charge is 0.408 e. The lowest BCUT2D eigenvalue weighted by Crippen LogP contribution is -2.51. The van der Waals surface area contributed by atoms with Gasteiger partial charge in [-0.05, 0) is 19.7 Å². The molecule has 0 radical (unpaired) electrons. The van der Waals surface area contributed by atoms with Gasteiger partial charge in [0.2, 0.25) is 5.91 Å². The molecule has 1 aromatic rings. The molecule has 0 unspecified atom stereocenters. The molecule has 2 N–H and O–H groups in total. The van der Waals surface area contributed by atoms with E-state index in [1.807, 2.05) is 36.4 Å². The average molecular weight is 304 g/mol. The lowest BCUT2D eigenvalue weighted by atomic mass is 10.2. The minimum Gasteiger partial charge on any atom is -0.445 e. The van der Waals surface area contributed by atoms with Crippen molar-refractivity contribution in [3.63, 3.8) is 0 Å². The van der Waals surface area contributed by atoms with Gasteiger partial charge in [-0.15, -0.1) is 0 Å². The van der Waals surface area contributed by atoms with Crippen LogP contribution in [0.1, 0.15) is 5.56 Å². The number of hydrogen-bond donors (Lipinski definition) is 2. The summed E-state index contributed by atoms with van der Waals surface area (Å²) in [5.41, 5.74) is 0.857. The van der Waals surface area contributed by atoms with E-state index in [1.54, 1.807) is 19.0 Å². The third-order valence-electron chi connectivity index (χ3n) is 2.71. The molecule has 0 aliphatic heterocycles. The van der Waals surface area contributed by atoms with Gasteiger partial charge in [0.15, 0.2) is 0 Å². The minimum atomic E-state index is -0.786. The molecule has 0 aliphatic carbocycles. The largest absolute Gasteiger partial charge is 0.445 e. The molecular weight excluding hydrogens is 284 g/mol. The van der Waals surface area contributed by atoms with Crippen molar-refractivity contribution in [3.05, 3.63) is 35.9 Å². The topological polar surface area (TPSA) is 94.5 Å². The second-order valence-corrected chi connectivity index (χ2v) is 4.90. The van der Waals surface area contributed by atoms with Gasteiger partial charge in [-0.2, -0.15) is 5.26 Å². The molecule has 1 aromatic carbocycles. The minimum absolute atomic E-state index is 0.108. The number of nitrogens with one attached hydrogen (secondary N) is 2. The number of nitrogens with zero attached hydrogens (tertiary/aromatic N) is 2. The number of benzene rings is 1. The van der Waals surface area contributed by atoms with Gasteiger partial charge in [0.05, 0.1) is 6.07 Å². The average Bonchev–Trinajstić information content (AvgIpc) is 2.50. The quantitative estimate of drug-likeness (QED) is 0.715. The Kier molecular flexibility index (Phi) is 7.43. The Labute approximate surface area is 129 Å². The Balaban J connectivity index is 2.51. The molecule has 1 rings (SSSR count). The fraction of sp³-hybridized carbons (Fsp3) is 0.400. The van der Waals surface area contributed by atoms with Gasteiger partial charge in [-0.1, -0.05) is 30.3 Å². The maximum absolute atomic E-state index is 11.9. The van der Waals surface area contributed by atoms with Crippen LogP contribution in [0.3, 0.4) is 0 Å². The molecule has 2 amide bonds. The highest BCUT2D eigenvalue weighted by Crippen LogP contribution is 2.01. The van der Waals surface area contributed by atoms with Crippen molar-refractivity contribution >= 4 is 12.0 Å². The summed E-state index contributed by atoms with van der Waals surface area (Å²) in [6.45, 7) is 0.322. The molecule has 0 saturated heterocycles. The molecule has 7 heteroatoms. The molecular formula is C15H20N4O3. The van der Waals surface area contributed by atoms with Gasteiger partial charge < -0.3 is 20.3 Å². The van der Waals surface area contributed by atoms with Crippen molar-refractivity contribution in [2.24, 2.45) is 0 Å². The van der Waals surface area contributed by atoms with Crippen LogP contribution >= 0.6 is 0 Å². The van der Waals surface area contributed by atoms with Gasteiger partial charge in [-0.3, -0.25) is 4.79 Å². The second-order valence-electron chi connectivity index (χ2n) is 4.90. The van der Waals surface area contributed by atoms with Crippen LogP contribution < -0.4 is 10.6 Å². The lowest BCUT2D eigenvalue weighted by Gasteiger charge is -2.21. The molecule has 0 spiro atoms. The summed E-state index contributed by atoms with van der Waals surface area (Å²) in [5, 5.41) is 13.4. The van der Waals surface area contributed by atoms with E-state index in [4.69, 9.17) is 10.00 Å². The number of carbonyl (C=O) groups excluding carboxylic acids is 2. The SMILES string of the molecule is CN(C)C[C@H](NC(=O)OCc1ccccc1)C(=O)NCC#N. The monoisotopic (exact) mass is 304 g/mol. The third kappa shape index (κ3) is 6.72. The molecule has 0 fully saturated rings. The molecule has 0 aliphatic rings. The number of likely N-dealkylation sites (N-methyl/N-ethyl adjacent to an activating group) is 1. The summed E-state index contributed by atoms with van der Waals surface area (Å²) in [6, 6.07) is 10.3. The fourth-order valence-electron chi connectivity index (χ4n) is 1.72. The van der Waals surface area contributed by atoms with Crippen LogP contribution in [-0.2, 0) is 16.1 Å². The van der Waals surface area contributed by atoms with Crippen molar-refractivity contribution in [2.45, 2.75) is 12.6 Å². The van der Waals surface area contributed by atoms with Crippen LogP contribution in [-0.4, -0.2) is 50.1 Å². The van der Waals surface area contributed by atoms with Gasteiger partial charge in [0.1, 0.15) is 19.2 Å². The molecule has 0 heterocycles. The van der Waals surface area contributed by atoms with Crippen LogP contribution in [0.5, 0.6) is 0 Å². The highest BCUT2D eigenvalue weighted by molar-refractivity contribution is 5.86. The van der Waals surface area contributed by atoms with Crippen LogP contribution in [0.2, 0.25) is 0 Å². The molecule has 0 bridgehead atoms. The number of ether oxygens (including phenoxy) is 1. The van der Waals surface area contributed by atoms with Crippen LogP contribution in [0.25, 0.3) is 0 Å². The van der Waals surface area contributed by atoms with E-state index >= 15 is 0 Å². The number of amides is 2. The number of nitriles is 1. The predicted molar refractivity (Wildman–Crippen MR) is 80.7 cm³/mol. The van der Waals surface area contributed by atoms with Crippen molar-refractivity contribution in [1.29, 1.82) is 5.26 Å². The Morgan fingerprint density at radius 2 is 2.00 bits per heavy atom. The molecule has 7 nitrogen and oxygen atoms in total. The van der Waals surface area contributed by atoms with Gasteiger partial charge in [-0.25, -0.2) is 4.79 Å². The summed E-state index contributed by atoms with van der Waals surface area (Å²) in [6.07, 6.45) is -0.678. The fourth-order valence-corrected chi connectivity index (χ4v) is 1.72.